The first kappa shape index (κ1) is 14.3. The van der Waals surface area contributed by atoms with Gasteiger partial charge in [0.2, 0.25) is 0 Å². The smallest absolute Gasteiger partial charge is 0.131 e. The zero-order valence-electron chi connectivity index (χ0n) is 12.0. The number of anilines is 2. The summed E-state index contributed by atoms with van der Waals surface area (Å²) in [7, 11) is 4.14. The van der Waals surface area contributed by atoms with E-state index in [0.29, 0.717) is 6.54 Å². The van der Waals surface area contributed by atoms with Crippen molar-refractivity contribution in [2.75, 3.05) is 37.8 Å². The summed E-state index contributed by atoms with van der Waals surface area (Å²) in [4.78, 5) is 10.5. The van der Waals surface area contributed by atoms with Crippen LogP contribution in [-0.2, 0) is 6.54 Å². The molecular formula is C14H21N5O. The molecule has 0 amide bonds. The highest BCUT2D eigenvalue weighted by molar-refractivity contribution is 5.46. The number of furan rings is 1. The van der Waals surface area contributed by atoms with Gasteiger partial charge in [0.15, 0.2) is 0 Å². The van der Waals surface area contributed by atoms with Gasteiger partial charge in [0.25, 0.3) is 0 Å². The van der Waals surface area contributed by atoms with Gasteiger partial charge in [0, 0.05) is 12.6 Å². The molecule has 0 aromatic carbocycles. The lowest BCUT2D eigenvalue weighted by Crippen LogP contribution is -2.16. The number of hydrogen-bond donors (Lipinski definition) is 2. The van der Waals surface area contributed by atoms with Crippen LogP contribution in [0.25, 0.3) is 0 Å². The van der Waals surface area contributed by atoms with Crippen molar-refractivity contribution in [1.29, 1.82) is 0 Å². The van der Waals surface area contributed by atoms with Crippen LogP contribution in [0.15, 0.2) is 35.2 Å². The van der Waals surface area contributed by atoms with Gasteiger partial charge in [-0.25, -0.2) is 9.97 Å². The van der Waals surface area contributed by atoms with Crippen LogP contribution in [0.4, 0.5) is 11.6 Å². The van der Waals surface area contributed by atoms with E-state index in [9.17, 15) is 0 Å². The molecule has 6 nitrogen and oxygen atoms in total. The fourth-order valence-corrected chi connectivity index (χ4v) is 1.75. The van der Waals surface area contributed by atoms with Crippen molar-refractivity contribution in [3.05, 3.63) is 36.5 Å². The lowest BCUT2D eigenvalue weighted by atomic mass is 10.4. The lowest BCUT2D eigenvalue weighted by Gasteiger charge is -2.10. The highest BCUT2D eigenvalue weighted by atomic mass is 16.3. The molecule has 2 N–H and O–H groups in total. The Balaban J connectivity index is 1.78. The van der Waals surface area contributed by atoms with Crippen LogP contribution in [-0.4, -0.2) is 42.1 Å². The maximum absolute atomic E-state index is 5.26. The van der Waals surface area contributed by atoms with Gasteiger partial charge in [-0.1, -0.05) is 0 Å². The van der Waals surface area contributed by atoms with E-state index >= 15 is 0 Å². The Hall–Kier alpha value is -2.08. The van der Waals surface area contributed by atoms with Gasteiger partial charge in [-0.05, 0) is 39.2 Å². The quantitative estimate of drug-likeness (QED) is 0.719. The van der Waals surface area contributed by atoms with Crippen LogP contribution in [0.1, 0.15) is 12.2 Å². The topological polar surface area (TPSA) is 66.2 Å². The molecule has 20 heavy (non-hydrogen) atoms. The SMILES string of the molecule is CN(C)CCCNc1cc(NCc2ccco2)ncn1. The second-order valence-corrected chi connectivity index (χ2v) is 4.81. The molecule has 6 heteroatoms. The van der Waals surface area contributed by atoms with Gasteiger partial charge in [-0.3, -0.25) is 0 Å². The van der Waals surface area contributed by atoms with Crippen LogP contribution in [0.3, 0.4) is 0 Å². The summed E-state index contributed by atoms with van der Waals surface area (Å²) >= 11 is 0. The molecule has 0 saturated carbocycles. The minimum atomic E-state index is 0.615. The molecule has 0 aliphatic heterocycles. The van der Waals surface area contributed by atoms with Gasteiger partial charge in [-0.2, -0.15) is 0 Å². The van der Waals surface area contributed by atoms with Crippen molar-refractivity contribution < 1.29 is 4.42 Å². The summed E-state index contributed by atoms with van der Waals surface area (Å²) in [5.41, 5.74) is 0. The summed E-state index contributed by atoms with van der Waals surface area (Å²) in [6, 6.07) is 5.70. The third-order valence-corrected chi connectivity index (χ3v) is 2.78. The van der Waals surface area contributed by atoms with Gasteiger partial charge in [0.1, 0.15) is 23.7 Å². The molecule has 0 unspecified atom stereocenters. The maximum Gasteiger partial charge on any atom is 0.131 e. The van der Waals surface area contributed by atoms with E-state index < -0.39 is 0 Å². The predicted octanol–water partition coefficient (Wildman–Crippen LogP) is 2.05. The summed E-state index contributed by atoms with van der Waals surface area (Å²) in [5, 5.41) is 6.50. The monoisotopic (exact) mass is 275 g/mol. The molecular weight excluding hydrogens is 254 g/mol. The van der Waals surface area contributed by atoms with E-state index in [2.05, 4.69) is 39.6 Å². The molecule has 0 aliphatic rings. The first-order valence-electron chi connectivity index (χ1n) is 6.71. The second-order valence-electron chi connectivity index (χ2n) is 4.81. The molecule has 2 aromatic rings. The van der Waals surface area contributed by atoms with Crippen LogP contribution in [0.5, 0.6) is 0 Å². The second kappa shape index (κ2) is 7.49. The first-order chi connectivity index (χ1) is 9.74. The van der Waals surface area contributed by atoms with Gasteiger partial charge in [-0.15, -0.1) is 0 Å². The molecule has 0 fully saturated rings. The fourth-order valence-electron chi connectivity index (χ4n) is 1.75. The van der Waals surface area contributed by atoms with E-state index in [1.54, 1.807) is 12.6 Å². The molecule has 2 rings (SSSR count). The van der Waals surface area contributed by atoms with Crippen molar-refractivity contribution in [2.24, 2.45) is 0 Å². The normalized spacial score (nSPS) is 10.8. The van der Waals surface area contributed by atoms with Crippen molar-refractivity contribution in [3.8, 4) is 0 Å². The van der Waals surface area contributed by atoms with Crippen LogP contribution >= 0.6 is 0 Å². The number of nitrogens with one attached hydrogen (secondary N) is 2. The molecule has 108 valence electrons. The number of rotatable bonds is 8. The van der Waals surface area contributed by atoms with Crippen LogP contribution in [0.2, 0.25) is 0 Å². The van der Waals surface area contributed by atoms with E-state index in [-0.39, 0.29) is 0 Å². The highest BCUT2D eigenvalue weighted by Gasteiger charge is 2.00. The zero-order chi connectivity index (χ0) is 14.2. The summed E-state index contributed by atoms with van der Waals surface area (Å²) < 4.78 is 5.26. The molecule has 0 radical (unpaired) electrons. The Morgan fingerprint density at radius 3 is 2.70 bits per heavy atom. The zero-order valence-corrected chi connectivity index (χ0v) is 12.0. The van der Waals surface area contributed by atoms with E-state index in [4.69, 9.17) is 4.42 Å². The summed E-state index contributed by atoms with van der Waals surface area (Å²) in [6.07, 6.45) is 4.29. The van der Waals surface area contributed by atoms with E-state index in [0.717, 1.165) is 36.9 Å². The minimum Gasteiger partial charge on any atom is -0.467 e. The Morgan fingerprint density at radius 1 is 1.20 bits per heavy atom. The third-order valence-electron chi connectivity index (χ3n) is 2.78. The van der Waals surface area contributed by atoms with Crippen LogP contribution in [0, 0.1) is 0 Å². The molecule has 0 saturated heterocycles. The largest absolute Gasteiger partial charge is 0.467 e. The Kier molecular flexibility index (Phi) is 5.37. The molecule has 0 bridgehead atoms. The molecule has 2 heterocycles. The van der Waals surface area contributed by atoms with E-state index in [1.165, 1.54) is 0 Å². The average Bonchev–Trinajstić information content (AvgIpc) is 2.95. The average molecular weight is 275 g/mol. The Bertz CT molecular complexity index is 498. The Morgan fingerprint density at radius 2 is 2.00 bits per heavy atom. The molecule has 0 atom stereocenters. The summed E-state index contributed by atoms with van der Waals surface area (Å²) in [5.74, 6) is 2.50. The predicted molar refractivity (Wildman–Crippen MR) is 79.7 cm³/mol. The number of aromatic nitrogens is 2. The highest BCUT2D eigenvalue weighted by Crippen LogP contribution is 2.10. The molecule has 0 spiro atoms. The summed E-state index contributed by atoms with van der Waals surface area (Å²) in [6.45, 7) is 2.57. The molecule has 2 aromatic heterocycles. The van der Waals surface area contributed by atoms with Crippen LogP contribution < -0.4 is 10.6 Å². The van der Waals surface area contributed by atoms with Crippen molar-refractivity contribution in [2.45, 2.75) is 13.0 Å². The minimum absolute atomic E-state index is 0.615. The maximum atomic E-state index is 5.26. The fraction of sp³-hybridized carbons (Fsp3) is 0.429. The lowest BCUT2D eigenvalue weighted by molar-refractivity contribution is 0.405. The number of hydrogen-bond acceptors (Lipinski definition) is 6. The third kappa shape index (κ3) is 4.89. The van der Waals surface area contributed by atoms with Crippen molar-refractivity contribution in [1.82, 2.24) is 14.9 Å². The van der Waals surface area contributed by atoms with Gasteiger partial charge >= 0.3 is 0 Å². The van der Waals surface area contributed by atoms with Gasteiger partial charge in [0.05, 0.1) is 12.8 Å². The van der Waals surface area contributed by atoms with Gasteiger partial charge < -0.3 is 20.0 Å². The standard InChI is InChI=1S/C14H21N5O/c1-19(2)7-4-6-15-13-9-14(18-11-17-13)16-10-12-5-3-8-20-12/h3,5,8-9,11H,4,6-7,10H2,1-2H3,(H2,15,16,17,18). The van der Waals surface area contributed by atoms with E-state index in [1.807, 2.05) is 18.2 Å². The van der Waals surface area contributed by atoms with Crippen molar-refractivity contribution in [3.63, 3.8) is 0 Å². The molecule has 0 aliphatic carbocycles. The number of nitrogens with zero attached hydrogens (tertiary/aromatic N) is 3. The Labute approximate surface area is 119 Å². The first-order valence-corrected chi connectivity index (χ1v) is 6.71. The van der Waals surface area contributed by atoms with Crippen molar-refractivity contribution >= 4 is 11.6 Å².